The minimum absolute atomic E-state index is 0.331. The average Bonchev–Trinajstić information content (AvgIpc) is 3.96. The molecule has 222 valence electrons. The highest BCUT2D eigenvalue weighted by atomic mass is 16.4. The molecule has 12 rings (SSSR count). The summed E-state index contributed by atoms with van der Waals surface area (Å²) in [6, 6.07) is 46.0. The van der Waals surface area contributed by atoms with Crippen molar-refractivity contribution in [1.82, 2.24) is 4.83 Å². The van der Waals surface area contributed by atoms with Crippen molar-refractivity contribution in [2.24, 2.45) is 0 Å². The molecule has 0 bridgehead atoms. The van der Waals surface area contributed by atoms with Gasteiger partial charge in [0.05, 0.1) is 11.4 Å². The van der Waals surface area contributed by atoms with Crippen LogP contribution >= 0.6 is 0 Å². The molecule has 0 amide bonds. The van der Waals surface area contributed by atoms with E-state index in [1.54, 1.807) is 0 Å². The smallest absolute Gasteiger partial charge is 0.351 e. The molecule has 2 aliphatic rings. The second kappa shape index (κ2) is 8.82. The molecule has 6 nitrogen and oxygen atoms in total. The number of rotatable bonds is 2. The third kappa shape index (κ3) is 3.00. The first-order valence-corrected chi connectivity index (χ1v) is 16.2. The van der Waals surface area contributed by atoms with E-state index in [0.29, 0.717) is 0 Å². The highest BCUT2D eigenvalue weighted by Crippen LogP contribution is 2.46. The Kier molecular flexibility index (Phi) is 4.60. The molecule has 0 fully saturated rings. The van der Waals surface area contributed by atoms with Crippen LogP contribution in [0.1, 0.15) is 0 Å². The number of para-hydroxylation sites is 6. The summed E-state index contributed by atoms with van der Waals surface area (Å²) in [7, 11) is 0. The van der Waals surface area contributed by atoms with Gasteiger partial charge in [-0.05, 0) is 47.3 Å². The predicted molar refractivity (Wildman–Crippen MR) is 194 cm³/mol. The second-order valence-corrected chi connectivity index (χ2v) is 12.8. The summed E-state index contributed by atoms with van der Waals surface area (Å²) in [6.07, 6.45) is 0. The van der Waals surface area contributed by atoms with Crippen LogP contribution in [0.25, 0.3) is 65.8 Å². The molecule has 10 aromatic rings. The molecule has 0 saturated heterocycles. The summed E-state index contributed by atoms with van der Waals surface area (Å²) in [4.78, 5) is 2.42. The monoisotopic (exact) mass is 616 g/mol. The molecule has 2 aliphatic heterocycles. The summed E-state index contributed by atoms with van der Waals surface area (Å²) < 4.78 is 27.1. The molecule has 6 heterocycles. The number of fused-ring (bicyclic) bond motifs is 15. The van der Waals surface area contributed by atoms with Crippen molar-refractivity contribution >= 4 is 113 Å². The van der Waals surface area contributed by atoms with E-state index in [-0.39, 0.29) is 13.7 Å². The van der Waals surface area contributed by atoms with Crippen LogP contribution in [0.5, 0.6) is 0 Å². The minimum Gasteiger partial charge on any atom is -0.467 e. The molecule has 0 unspecified atom stereocenters. The van der Waals surface area contributed by atoms with E-state index in [4.69, 9.17) is 17.7 Å². The highest BCUT2D eigenvalue weighted by Gasteiger charge is 2.59. The molecule has 8 heteroatoms. The third-order valence-corrected chi connectivity index (χ3v) is 10.3. The van der Waals surface area contributed by atoms with Gasteiger partial charge < -0.3 is 17.7 Å². The van der Waals surface area contributed by atoms with Gasteiger partial charge in [0.1, 0.15) is 44.8 Å². The van der Waals surface area contributed by atoms with E-state index < -0.39 is 0 Å². The lowest BCUT2D eigenvalue weighted by atomic mass is 9.42. The first-order chi connectivity index (χ1) is 23.8. The Morgan fingerprint density at radius 2 is 0.729 bits per heavy atom. The van der Waals surface area contributed by atoms with Crippen molar-refractivity contribution in [1.29, 1.82) is 0 Å². The summed E-state index contributed by atoms with van der Waals surface area (Å²) in [6.45, 7) is -0.662. The van der Waals surface area contributed by atoms with E-state index in [2.05, 4.69) is 94.8 Å². The predicted octanol–water partition coefficient (Wildman–Crippen LogP) is 7.57. The Bertz CT molecular complexity index is 2770. The summed E-state index contributed by atoms with van der Waals surface area (Å²) >= 11 is 0. The molecule has 48 heavy (non-hydrogen) atoms. The van der Waals surface area contributed by atoms with E-state index in [9.17, 15) is 0 Å². The molecule has 4 aromatic heterocycles. The molecule has 0 spiro atoms. The largest absolute Gasteiger partial charge is 0.467 e. The fraction of sp³-hybridized carbons (Fsp3) is 0. The molecule has 0 atom stereocenters. The Balaban J connectivity index is 1.22. The van der Waals surface area contributed by atoms with E-state index in [1.165, 1.54) is 0 Å². The number of benzene rings is 6. The van der Waals surface area contributed by atoms with Gasteiger partial charge in [-0.15, -0.1) is 0 Å². The number of furan rings is 4. The number of anilines is 2. The Labute approximate surface area is 273 Å². The molecular formula is C40H22B2N2O4. The molecule has 0 aliphatic carbocycles. The van der Waals surface area contributed by atoms with Crippen molar-refractivity contribution in [2.75, 3.05) is 5.01 Å². The van der Waals surface area contributed by atoms with Crippen LogP contribution in [0.3, 0.4) is 0 Å². The maximum Gasteiger partial charge on any atom is 0.351 e. The fourth-order valence-electron chi connectivity index (χ4n) is 8.41. The molecule has 0 N–H and O–H groups in total. The van der Waals surface area contributed by atoms with E-state index in [1.807, 2.05) is 48.5 Å². The van der Waals surface area contributed by atoms with Gasteiger partial charge in [0.2, 0.25) is 0 Å². The third-order valence-electron chi connectivity index (χ3n) is 10.3. The quantitative estimate of drug-likeness (QED) is 0.187. The SMILES string of the molecule is c1ccc2c3c(oc2c1)B(c1cccc2c1oc1ccccc12)N1B(c2cccc4c2oc2ccccc24)c2oc4ccccc4c2N31. The molecule has 6 aromatic carbocycles. The van der Waals surface area contributed by atoms with Crippen LogP contribution in [0.15, 0.2) is 151 Å². The van der Waals surface area contributed by atoms with Gasteiger partial charge in [0, 0.05) is 32.3 Å². The zero-order valence-corrected chi connectivity index (χ0v) is 25.4. The van der Waals surface area contributed by atoms with Gasteiger partial charge in [-0.25, -0.2) is 0 Å². The minimum atomic E-state index is -0.331. The summed E-state index contributed by atoms with van der Waals surface area (Å²) in [5, 5.41) is 8.80. The van der Waals surface area contributed by atoms with Crippen LogP contribution < -0.4 is 27.3 Å². The van der Waals surface area contributed by atoms with Gasteiger partial charge in [-0.2, -0.15) is 0 Å². The normalized spacial score (nSPS) is 14.5. The highest BCUT2D eigenvalue weighted by molar-refractivity contribution is 7.01. The van der Waals surface area contributed by atoms with Crippen LogP contribution in [0.4, 0.5) is 11.4 Å². The maximum atomic E-state index is 6.88. The first kappa shape index (κ1) is 25.0. The van der Waals surface area contributed by atoms with Gasteiger partial charge in [0.25, 0.3) is 0 Å². The van der Waals surface area contributed by atoms with Crippen LogP contribution in [0, 0.1) is 0 Å². The second-order valence-electron chi connectivity index (χ2n) is 12.8. The zero-order valence-electron chi connectivity index (χ0n) is 25.4. The van der Waals surface area contributed by atoms with E-state index in [0.717, 1.165) is 99.4 Å². The van der Waals surface area contributed by atoms with Crippen molar-refractivity contribution < 1.29 is 17.7 Å². The van der Waals surface area contributed by atoms with Crippen molar-refractivity contribution in [3.63, 3.8) is 0 Å². The standard InChI is InChI=1S/C40H22B2N2O4/c1-5-19-31-23(11-1)25-15-9-17-29(37(25)45-31)41-39-35(27-13-3-7-21-33(27)47-39)43-36-28-14-4-8-22-34(28)48-40(36)42(44(41)43)30-18-10-16-26-24-12-2-6-20-32(24)46-38(26)30/h1-22H. The lowest BCUT2D eigenvalue weighted by Crippen LogP contribution is -2.64. The summed E-state index contributed by atoms with van der Waals surface area (Å²) in [5.74, 6) is 0. The van der Waals surface area contributed by atoms with Crippen molar-refractivity contribution in [2.45, 2.75) is 0 Å². The maximum absolute atomic E-state index is 6.88. The Hall–Kier alpha value is -6.11. The Morgan fingerprint density at radius 3 is 1.19 bits per heavy atom. The van der Waals surface area contributed by atoms with Crippen LogP contribution in [-0.4, -0.2) is 18.5 Å². The Morgan fingerprint density at radius 1 is 0.354 bits per heavy atom. The van der Waals surface area contributed by atoms with Gasteiger partial charge in [0.15, 0.2) is 0 Å². The molecular weight excluding hydrogens is 594 g/mol. The van der Waals surface area contributed by atoms with Gasteiger partial charge in [-0.1, -0.05) is 97.1 Å². The van der Waals surface area contributed by atoms with Crippen molar-refractivity contribution in [3.8, 4) is 0 Å². The number of hydrazine groups is 1. The van der Waals surface area contributed by atoms with E-state index >= 15 is 0 Å². The van der Waals surface area contributed by atoms with Crippen LogP contribution in [-0.2, 0) is 0 Å². The number of hydrogen-bond acceptors (Lipinski definition) is 6. The van der Waals surface area contributed by atoms with Crippen molar-refractivity contribution in [3.05, 3.63) is 133 Å². The van der Waals surface area contributed by atoms with Crippen LogP contribution in [0.2, 0.25) is 0 Å². The average molecular weight is 616 g/mol. The van der Waals surface area contributed by atoms with Gasteiger partial charge in [-0.3, -0.25) is 9.84 Å². The van der Waals surface area contributed by atoms with Gasteiger partial charge >= 0.3 is 13.7 Å². The lowest BCUT2D eigenvalue weighted by Gasteiger charge is -2.30. The number of hydrogen-bond donors (Lipinski definition) is 0. The topological polar surface area (TPSA) is 59.0 Å². The summed E-state index contributed by atoms with van der Waals surface area (Å²) in [5.41, 5.74) is 11.0. The molecule has 0 saturated carbocycles. The first-order valence-electron chi connectivity index (χ1n) is 16.2. The zero-order chi connectivity index (χ0) is 31.1. The fourth-order valence-corrected chi connectivity index (χ4v) is 8.41. The number of nitrogens with zero attached hydrogens (tertiary/aromatic N) is 2. The lowest BCUT2D eigenvalue weighted by molar-refractivity contribution is 0.643. The molecule has 0 radical (unpaired) electrons.